The highest BCUT2D eigenvalue weighted by atomic mass is 16.5. The summed E-state index contributed by atoms with van der Waals surface area (Å²) in [7, 11) is 5.63. The molecule has 2 saturated heterocycles. The molecule has 0 aromatic carbocycles. The molecular formula is C18H31N3O3. The van der Waals surface area contributed by atoms with E-state index in [2.05, 4.69) is 0 Å². The summed E-state index contributed by atoms with van der Waals surface area (Å²) in [6.07, 6.45) is 7.02. The van der Waals surface area contributed by atoms with Gasteiger partial charge in [-0.2, -0.15) is 0 Å². The maximum Gasteiger partial charge on any atom is 0.246 e. The van der Waals surface area contributed by atoms with Crippen molar-refractivity contribution in [1.82, 2.24) is 14.7 Å². The molecule has 6 heteroatoms. The standard InChI is InChI=1S/C18H31N3O3/c1-19(2)10-5-8-17(22)20-11-9-16-15(14-20)6-4-7-18(23)21(16)12-13-24-3/h5,8,15-16H,4,6-7,9-14H2,1-3H3/b8-5+/t15-,16+/m0/s1. The molecule has 2 heterocycles. The topological polar surface area (TPSA) is 53.1 Å². The monoisotopic (exact) mass is 337 g/mol. The molecule has 2 fully saturated rings. The molecule has 2 aliphatic heterocycles. The van der Waals surface area contributed by atoms with E-state index >= 15 is 0 Å². The first-order chi connectivity index (χ1) is 11.5. The lowest BCUT2D eigenvalue weighted by Crippen LogP contribution is -2.53. The summed E-state index contributed by atoms with van der Waals surface area (Å²) in [6.45, 7) is 3.48. The van der Waals surface area contributed by atoms with Gasteiger partial charge in [0.05, 0.1) is 6.61 Å². The van der Waals surface area contributed by atoms with E-state index in [1.54, 1.807) is 13.2 Å². The van der Waals surface area contributed by atoms with Gasteiger partial charge in [-0.1, -0.05) is 6.08 Å². The van der Waals surface area contributed by atoms with Gasteiger partial charge in [0.1, 0.15) is 0 Å². The van der Waals surface area contributed by atoms with Gasteiger partial charge in [0.25, 0.3) is 0 Å². The van der Waals surface area contributed by atoms with E-state index in [-0.39, 0.29) is 17.9 Å². The molecule has 0 saturated carbocycles. The first kappa shape index (κ1) is 18.9. The number of rotatable bonds is 6. The Morgan fingerprint density at radius 3 is 2.88 bits per heavy atom. The molecule has 2 rings (SSSR count). The number of hydrogen-bond acceptors (Lipinski definition) is 4. The Hall–Kier alpha value is -1.40. The van der Waals surface area contributed by atoms with Crippen molar-refractivity contribution in [3.05, 3.63) is 12.2 Å². The maximum absolute atomic E-state index is 12.4. The van der Waals surface area contributed by atoms with Crippen molar-refractivity contribution in [2.24, 2.45) is 5.92 Å². The van der Waals surface area contributed by atoms with Crippen LogP contribution < -0.4 is 0 Å². The third kappa shape index (κ3) is 5.05. The molecule has 0 aromatic rings. The second-order valence-corrected chi connectivity index (χ2v) is 7.04. The van der Waals surface area contributed by atoms with E-state index in [4.69, 9.17) is 4.74 Å². The summed E-state index contributed by atoms with van der Waals surface area (Å²) in [5.74, 6) is 0.716. The van der Waals surface area contributed by atoms with Crippen LogP contribution in [-0.2, 0) is 14.3 Å². The number of likely N-dealkylation sites (N-methyl/N-ethyl adjacent to an activating group) is 1. The van der Waals surface area contributed by atoms with Crippen molar-refractivity contribution >= 4 is 11.8 Å². The van der Waals surface area contributed by atoms with Gasteiger partial charge < -0.3 is 19.4 Å². The zero-order chi connectivity index (χ0) is 17.5. The first-order valence-corrected chi connectivity index (χ1v) is 8.91. The van der Waals surface area contributed by atoms with Gasteiger partial charge in [0.15, 0.2) is 0 Å². The van der Waals surface area contributed by atoms with Gasteiger partial charge in [-0.25, -0.2) is 0 Å². The highest BCUT2D eigenvalue weighted by Gasteiger charge is 2.37. The molecule has 2 amide bonds. The summed E-state index contributed by atoms with van der Waals surface area (Å²) >= 11 is 0. The minimum atomic E-state index is 0.0920. The predicted molar refractivity (Wildman–Crippen MR) is 93.6 cm³/mol. The lowest BCUT2D eigenvalue weighted by Gasteiger charge is -2.42. The van der Waals surface area contributed by atoms with Gasteiger partial charge in [-0.05, 0) is 39.3 Å². The minimum Gasteiger partial charge on any atom is -0.383 e. The number of carbonyl (C=O) groups excluding carboxylic acids is 2. The number of piperidine rings is 1. The summed E-state index contributed by atoms with van der Waals surface area (Å²) < 4.78 is 5.16. The quantitative estimate of drug-likeness (QED) is 0.678. The average molecular weight is 337 g/mol. The van der Waals surface area contributed by atoms with Crippen molar-refractivity contribution in [2.75, 3.05) is 54.0 Å². The summed E-state index contributed by atoms with van der Waals surface area (Å²) in [5.41, 5.74) is 0. The number of fused-ring (bicyclic) bond motifs is 1. The summed E-state index contributed by atoms with van der Waals surface area (Å²) in [6, 6.07) is 0.255. The zero-order valence-electron chi connectivity index (χ0n) is 15.2. The van der Waals surface area contributed by atoms with Crippen molar-refractivity contribution in [3.63, 3.8) is 0 Å². The molecule has 2 atom stereocenters. The molecule has 24 heavy (non-hydrogen) atoms. The molecular weight excluding hydrogens is 306 g/mol. The van der Waals surface area contributed by atoms with Crippen molar-refractivity contribution in [2.45, 2.75) is 31.7 Å². The van der Waals surface area contributed by atoms with E-state index in [1.165, 1.54) is 0 Å². The molecule has 0 N–H and O–H groups in total. The number of likely N-dealkylation sites (tertiary alicyclic amines) is 2. The van der Waals surface area contributed by atoms with Gasteiger partial charge >= 0.3 is 0 Å². The SMILES string of the molecule is COCCN1C(=O)CCC[C@H]2CN(C(=O)/C=C/CN(C)C)CC[C@H]21. The third-order valence-corrected chi connectivity index (χ3v) is 4.96. The zero-order valence-corrected chi connectivity index (χ0v) is 15.2. The molecule has 0 bridgehead atoms. The number of ether oxygens (including phenoxy) is 1. The Morgan fingerprint density at radius 2 is 2.17 bits per heavy atom. The number of amides is 2. The van der Waals surface area contributed by atoms with Crippen LogP contribution in [0.25, 0.3) is 0 Å². The Kier molecular flexibility index (Phi) is 7.24. The molecule has 6 nitrogen and oxygen atoms in total. The van der Waals surface area contributed by atoms with Crippen molar-refractivity contribution in [1.29, 1.82) is 0 Å². The minimum absolute atomic E-state index is 0.0920. The van der Waals surface area contributed by atoms with Crippen LogP contribution in [0.5, 0.6) is 0 Å². The molecule has 0 radical (unpaired) electrons. The lowest BCUT2D eigenvalue weighted by molar-refractivity contribution is -0.136. The van der Waals surface area contributed by atoms with Crippen molar-refractivity contribution in [3.8, 4) is 0 Å². The van der Waals surface area contributed by atoms with E-state index in [9.17, 15) is 9.59 Å². The van der Waals surface area contributed by atoms with Crippen LogP contribution in [0, 0.1) is 5.92 Å². The Bertz CT molecular complexity index is 464. The maximum atomic E-state index is 12.4. The molecule has 2 aliphatic rings. The molecule has 136 valence electrons. The molecule has 0 spiro atoms. The lowest BCUT2D eigenvalue weighted by atomic mass is 9.88. The van der Waals surface area contributed by atoms with Crippen LogP contribution in [0.3, 0.4) is 0 Å². The first-order valence-electron chi connectivity index (χ1n) is 8.91. The van der Waals surface area contributed by atoms with Crippen LogP contribution in [-0.4, -0.2) is 86.5 Å². The van der Waals surface area contributed by atoms with Crippen LogP contribution in [0.15, 0.2) is 12.2 Å². The highest BCUT2D eigenvalue weighted by Crippen LogP contribution is 2.30. The van der Waals surface area contributed by atoms with E-state index in [0.29, 0.717) is 25.5 Å². The largest absolute Gasteiger partial charge is 0.383 e. The summed E-state index contributed by atoms with van der Waals surface area (Å²) in [4.78, 5) is 30.7. The van der Waals surface area contributed by atoms with Gasteiger partial charge in [-0.15, -0.1) is 0 Å². The fourth-order valence-electron chi connectivity index (χ4n) is 3.71. The van der Waals surface area contributed by atoms with Gasteiger partial charge in [0.2, 0.25) is 11.8 Å². The summed E-state index contributed by atoms with van der Waals surface area (Å²) in [5, 5.41) is 0. The Morgan fingerprint density at radius 1 is 1.38 bits per heavy atom. The van der Waals surface area contributed by atoms with Crippen LogP contribution in [0.2, 0.25) is 0 Å². The predicted octanol–water partition coefficient (Wildman–Crippen LogP) is 0.980. The number of nitrogens with zero attached hydrogens (tertiary/aromatic N) is 3. The second kappa shape index (κ2) is 9.18. The van der Waals surface area contributed by atoms with Crippen LogP contribution >= 0.6 is 0 Å². The van der Waals surface area contributed by atoms with Gasteiger partial charge in [0, 0.05) is 51.8 Å². The van der Waals surface area contributed by atoms with E-state index < -0.39 is 0 Å². The third-order valence-electron chi connectivity index (χ3n) is 4.96. The number of carbonyl (C=O) groups is 2. The highest BCUT2D eigenvalue weighted by molar-refractivity contribution is 5.87. The fourth-order valence-corrected chi connectivity index (χ4v) is 3.71. The van der Waals surface area contributed by atoms with Crippen molar-refractivity contribution < 1.29 is 14.3 Å². The Labute approximate surface area is 145 Å². The fraction of sp³-hybridized carbons (Fsp3) is 0.778. The van der Waals surface area contributed by atoms with E-state index in [0.717, 1.165) is 38.9 Å². The average Bonchev–Trinajstić information content (AvgIpc) is 2.70. The smallest absolute Gasteiger partial charge is 0.246 e. The number of methoxy groups -OCH3 is 1. The number of hydrogen-bond donors (Lipinski definition) is 0. The van der Waals surface area contributed by atoms with Crippen LogP contribution in [0.4, 0.5) is 0 Å². The van der Waals surface area contributed by atoms with Crippen LogP contribution in [0.1, 0.15) is 25.7 Å². The molecule has 0 aromatic heterocycles. The second-order valence-electron chi connectivity index (χ2n) is 7.04. The molecule has 0 unspecified atom stereocenters. The normalized spacial score (nSPS) is 25.2. The van der Waals surface area contributed by atoms with E-state index in [1.807, 2.05) is 34.9 Å². The Balaban J connectivity index is 1.97. The molecule has 0 aliphatic carbocycles. The van der Waals surface area contributed by atoms with Gasteiger partial charge in [-0.3, -0.25) is 9.59 Å².